The van der Waals surface area contributed by atoms with Gasteiger partial charge in [0.15, 0.2) is 0 Å². The number of H-pyrrole nitrogens is 2. The van der Waals surface area contributed by atoms with Gasteiger partial charge in [-0.1, -0.05) is 29.5 Å². The number of anilines is 1. The summed E-state index contributed by atoms with van der Waals surface area (Å²) in [5.74, 6) is -0.192. The van der Waals surface area contributed by atoms with Crippen LogP contribution in [0.25, 0.3) is 16.7 Å². The molecule has 0 aliphatic carbocycles. The van der Waals surface area contributed by atoms with E-state index in [0.717, 1.165) is 16.8 Å². The molecule has 0 aliphatic rings. The molecule has 10 heteroatoms. The molecule has 2 heterocycles. The number of nitrogens with one attached hydrogen (secondary N) is 3. The number of aromatic amines is 2. The zero-order chi connectivity index (χ0) is 20.5. The molecule has 4 rings (SSSR count). The average molecular weight is 409 g/mol. The van der Waals surface area contributed by atoms with Crippen molar-refractivity contribution in [2.75, 3.05) is 5.32 Å². The van der Waals surface area contributed by atoms with Crippen LogP contribution in [-0.2, 0) is 4.79 Å². The standard InChI is InChI=1S/C19H19N7O2S/c1-10-4-7-16(11(2)8-10)26-19(23-24-25-26)29-12(3)17(27)20-13-5-6-14-15(9-13)22-18(28)21-14/h4-9,12H,1-3H3,(H,20,27)(H2,21,22,28)/t12-/m1/s1. The third-order valence-electron chi connectivity index (χ3n) is 4.46. The number of hydrogen-bond acceptors (Lipinski definition) is 6. The minimum Gasteiger partial charge on any atom is -0.325 e. The van der Waals surface area contributed by atoms with E-state index in [2.05, 4.69) is 36.9 Å². The zero-order valence-electron chi connectivity index (χ0n) is 16.1. The molecule has 2 aromatic carbocycles. The molecular formula is C19H19N7O2S. The Morgan fingerprint density at radius 3 is 2.72 bits per heavy atom. The van der Waals surface area contributed by atoms with Crippen molar-refractivity contribution in [3.63, 3.8) is 0 Å². The van der Waals surface area contributed by atoms with Gasteiger partial charge >= 0.3 is 5.69 Å². The van der Waals surface area contributed by atoms with Gasteiger partial charge in [-0.05, 0) is 61.0 Å². The number of imidazole rings is 1. The maximum absolute atomic E-state index is 12.6. The van der Waals surface area contributed by atoms with Gasteiger partial charge in [0.25, 0.3) is 0 Å². The number of nitrogens with zero attached hydrogens (tertiary/aromatic N) is 4. The van der Waals surface area contributed by atoms with Crippen LogP contribution in [0.4, 0.5) is 5.69 Å². The van der Waals surface area contributed by atoms with Gasteiger partial charge in [-0.25, -0.2) is 4.79 Å². The molecule has 4 aromatic rings. The minimum atomic E-state index is -0.438. The Morgan fingerprint density at radius 1 is 1.14 bits per heavy atom. The fourth-order valence-electron chi connectivity index (χ4n) is 3.01. The molecule has 29 heavy (non-hydrogen) atoms. The summed E-state index contributed by atoms with van der Waals surface area (Å²) >= 11 is 1.27. The molecule has 0 spiro atoms. The highest BCUT2D eigenvalue weighted by molar-refractivity contribution is 8.00. The molecule has 1 amide bonds. The van der Waals surface area contributed by atoms with Crippen molar-refractivity contribution in [2.45, 2.75) is 31.2 Å². The molecule has 2 aromatic heterocycles. The van der Waals surface area contributed by atoms with Gasteiger partial charge in [0.2, 0.25) is 11.1 Å². The van der Waals surface area contributed by atoms with Gasteiger partial charge in [-0.3, -0.25) is 4.79 Å². The van der Waals surface area contributed by atoms with Crippen LogP contribution in [0.2, 0.25) is 0 Å². The molecule has 0 saturated heterocycles. The van der Waals surface area contributed by atoms with Crippen molar-refractivity contribution in [2.24, 2.45) is 0 Å². The van der Waals surface area contributed by atoms with Crippen LogP contribution in [0.3, 0.4) is 0 Å². The predicted octanol–water partition coefficient (Wildman–Crippen LogP) is 2.57. The summed E-state index contributed by atoms with van der Waals surface area (Å²) in [5, 5.41) is 14.9. The summed E-state index contributed by atoms with van der Waals surface area (Å²) in [6, 6.07) is 11.2. The van der Waals surface area contributed by atoms with Crippen LogP contribution >= 0.6 is 11.8 Å². The van der Waals surface area contributed by atoms with Crippen molar-refractivity contribution in [1.29, 1.82) is 0 Å². The molecule has 0 unspecified atom stereocenters. The lowest BCUT2D eigenvalue weighted by Gasteiger charge is -2.13. The maximum Gasteiger partial charge on any atom is 0.323 e. The first-order valence-electron chi connectivity index (χ1n) is 8.96. The number of carbonyl (C=O) groups excluding carboxylic acids is 1. The molecule has 0 aliphatic heterocycles. The summed E-state index contributed by atoms with van der Waals surface area (Å²) < 4.78 is 1.64. The van der Waals surface area contributed by atoms with Gasteiger partial charge in [-0.15, -0.1) is 5.10 Å². The summed E-state index contributed by atoms with van der Waals surface area (Å²) in [4.78, 5) is 29.4. The van der Waals surface area contributed by atoms with Crippen molar-refractivity contribution in [1.82, 2.24) is 30.2 Å². The fraction of sp³-hybridized carbons (Fsp3) is 0.211. The number of benzene rings is 2. The van der Waals surface area contributed by atoms with E-state index >= 15 is 0 Å². The van der Waals surface area contributed by atoms with Crippen LogP contribution in [-0.4, -0.2) is 41.3 Å². The quantitative estimate of drug-likeness (QED) is 0.436. The number of hydrogen-bond donors (Lipinski definition) is 3. The third kappa shape index (κ3) is 3.92. The highest BCUT2D eigenvalue weighted by Gasteiger charge is 2.20. The Balaban J connectivity index is 1.50. The summed E-state index contributed by atoms with van der Waals surface area (Å²) in [5.41, 5.74) is 4.70. The molecule has 0 saturated carbocycles. The number of aryl methyl sites for hydroxylation is 2. The molecule has 1 atom stereocenters. The van der Waals surface area contributed by atoms with E-state index in [0.29, 0.717) is 21.9 Å². The zero-order valence-corrected chi connectivity index (χ0v) is 16.9. The summed E-state index contributed by atoms with van der Waals surface area (Å²) in [6.07, 6.45) is 0. The van der Waals surface area contributed by atoms with Crippen LogP contribution in [0, 0.1) is 13.8 Å². The molecule has 0 bridgehead atoms. The number of amides is 1. The number of rotatable bonds is 5. The highest BCUT2D eigenvalue weighted by Crippen LogP contribution is 2.26. The highest BCUT2D eigenvalue weighted by atomic mass is 32.2. The van der Waals surface area contributed by atoms with Crippen LogP contribution < -0.4 is 11.0 Å². The second kappa shape index (κ2) is 7.55. The van der Waals surface area contributed by atoms with E-state index in [1.807, 2.05) is 26.0 Å². The minimum absolute atomic E-state index is 0.192. The number of carbonyl (C=O) groups is 1. The molecule has 0 radical (unpaired) electrons. The Kier molecular flexibility index (Phi) is 4.93. The number of fused-ring (bicyclic) bond motifs is 1. The molecule has 148 valence electrons. The Bertz CT molecular complexity index is 1260. The molecular weight excluding hydrogens is 390 g/mol. The van der Waals surface area contributed by atoms with Crippen molar-refractivity contribution in [3.8, 4) is 5.69 Å². The van der Waals surface area contributed by atoms with Gasteiger partial charge < -0.3 is 15.3 Å². The Morgan fingerprint density at radius 2 is 1.93 bits per heavy atom. The second-order valence-corrected chi connectivity index (χ2v) is 8.06. The first-order chi connectivity index (χ1) is 13.9. The van der Waals surface area contributed by atoms with Crippen molar-refractivity contribution >= 4 is 34.4 Å². The fourth-order valence-corrected chi connectivity index (χ4v) is 3.81. The van der Waals surface area contributed by atoms with Gasteiger partial charge in [0.05, 0.1) is 22.0 Å². The van der Waals surface area contributed by atoms with E-state index in [1.54, 1.807) is 29.8 Å². The molecule has 3 N–H and O–H groups in total. The Hall–Kier alpha value is -3.40. The van der Waals surface area contributed by atoms with E-state index in [-0.39, 0.29) is 11.6 Å². The van der Waals surface area contributed by atoms with Crippen LogP contribution in [0.1, 0.15) is 18.1 Å². The van der Waals surface area contributed by atoms with E-state index in [9.17, 15) is 9.59 Å². The smallest absolute Gasteiger partial charge is 0.323 e. The summed E-state index contributed by atoms with van der Waals surface area (Å²) in [6.45, 7) is 5.81. The van der Waals surface area contributed by atoms with Gasteiger partial charge in [-0.2, -0.15) is 4.68 Å². The normalized spacial score (nSPS) is 12.2. The van der Waals surface area contributed by atoms with Crippen molar-refractivity contribution < 1.29 is 4.79 Å². The number of aromatic nitrogens is 6. The van der Waals surface area contributed by atoms with E-state index < -0.39 is 5.25 Å². The predicted molar refractivity (Wildman–Crippen MR) is 111 cm³/mol. The monoisotopic (exact) mass is 409 g/mol. The first kappa shape index (κ1) is 18.9. The van der Waals surface area contributed by atoms with Crippen molar-refractivity contribution in [3.05, 3.63) is 58.0 Å². The Labute approximate surface area is 169 Å². The second-order valence-electron chi connectivity index (χ2n) is 6.75. The lowest BCUT2D eigenvalue weighted by Crippen LogP contribution is -2.23. The lowest BCUT2D eigenvalue weighted by molar-refractivity contribution is -0.115. The molecule has 0 fully saturated rings. The lowest BCUT2D eigenvalue weighted by atomic mass is 10.1. The number of thioether (sulfide) groups is 1. The summed E-state index contributed by atoms with van der Waals surface area (Å²) in [7, 11) is 0. The maximum atomic E-state index is 12.6. The van der Waals surface area contributed by atoms with E-state index in [4.69, 9.17) is 0 Å². The molecule has 9 nitrogen and oxygen atoms in total. The van der Waals surface area contributed by atoms with Crippen LogP contribution in [0.5, 0.6) is 0 Å². The van der Waals surface area contributed by atoms with Gasteiger partial charge in [0, 0.05) is 5.69 Å². The van der Waals surface area contributed by atoms with E-state index in [1.165, 1.54) is 11.8 Å². The first-order valence-corrected chi connectivity index (χ1v) is 9.84. The SMILES string of the molecule is Cc1ccc(-n2nnnc2S[C@H](C)C(=O)Nc2ccc3[nH]c(=O)[nH]c3c2)c(C)c1. The van der Waals surface area contributed by atoms with Gasteiger partial charge in [0.1, 0.15) is 0 Å². The van der Waals surface area contributed by atoms with Crippen LogP contribution in [0.15, 0.2) is 46.3 Å². The third-order valence-corrected chi connectivity index (χ3v) is 5.49. The topological polar surface area (TPSA) is 121 Å². The number of tetrazole rings is 1. The average Bonchev–Trinajstić information content (AvgIpc) is 3.26. The largest absolute Gasteiger partial charge is 0.325 e.